The van der Waals surface area contributed by atoms with Crippen molar-refractivity contribution in [3.8, 4) is 23.0 Å². The van der Waals surface area contributed by atoms with Gasteiger partial charge in [-0.15, -0.1) is 24.0 Å². The van der Waals surface area contributed by atoms with Gasteiger partial charge < -0.3 is 29.6 Å². The summed E-state index contributed by atoms with van der Waals surface area (Å²) in [4.78, 5) is 4.30. The highest BCUT2D eigenvalue weighted by molar-refractivity contribution is 14.0. The standard InChI is InChI=1S/C24H35N3O4.HI/c1-6-29-20-12-10-19(16-22(20)28-5)17-27-24(25-4)26-14-13-18-9-11-21(30-7-2)23(15-18)31-8-3;/h9-12,15-16H,6-8,13-14,17H2,1-5H3,(H2,25,26,27);1H. The van der Waals surface area contributed by atoms with E-state index in [4.69, 9.17) is 18.9 Å². The Morgan fingerprint density at radius 1 is 0.781 bits per heavy atom. The molecular weight excluding hydrogens is 521 g/mol. The van der Waals surface area contributed by atoms with E-state index in [-0.39, 0.29) is 24.0 Å². The van der Waals surface area contributed by atoms with Crippen LogP contribution in [0.4, 0.5) is 0 Å². The molecule has 0 unspecified atom stereocenters. The van der Waals surface area contributed by atoms with Crippen LogP contribution in [0.15, 0.2) is 41.4 Å². The fourth-order valence-corrected chi connectivity index (χ4v) is 3.08. The first-order valence-corrected chi connectivity index (χ1v) is 10.8. The molecule has 0 bridgehead atoms. The van der Waals surface area contributed by atoms with E-state index in [1.54, 1.807) is 14.2 Å². The second-order valence-corrected chi connectivity index (χ2v) is 6.67. The molecule has 2 aromatic rings. The van der Waals surface area contributed by atoms with E-state index >= 15 is 0 Å². The molecule has 178 valence electrons. The third-order valence-electron chi connectivity index (χ3n) is 4.53. The number of hydrogen-bond acceptors (Lipinski definition) is 5. The van der Waals surface area contributed by atoms with Gasteiger partial charge in [-0.3, -0.25) is 4.99 Å². The quantitative estimate of drug-likeness (QED) is 0.229. The van der Waals surface area contributed by atoms with Gasteiger partial charge in [0.05, 0.1) is 26.9 Å². The van der Waals surface area contributed by atoms with Crippen LogP contribution < -0.4 is 29.6 Å². The van der Waals surface area contributed by atoms with Gasteiger partial charge in [0.15, 0.2) is 29.0 Å². The number of nitrogens with one attached hydrogen (secondary N) is 2. The minimum absolute atomic E-state index is 0. The van der Waals surface area contributed by atoms with Crippen LogP contribution in [0.1, 0.15) is 31.9 Å². The summed E-state index contributed by atoms with van der Waals surface area (Å²) >= 11 is 0. The average Bonchev–Trinajstić information content (AvgIpc) is 2.79. The van der Waals surface area contributed by atoms with Crippen molar-refractivity contribution in [2.45, 2.75) is 33.7 Å². The lowest BCUT2D eigenvalue weighted by Crippen LogP contribution is -2.37. The van der Waals surface area contributed by atoms with Crippen molar-refractivity contribution in [2.75, 3.05) is 40.5 Å². The Labute approximate surface area is 208 Å². The predicted octanol–water partition coefficient (Wildman–Crippen LogP) is 4.42. The summed E-state index contributed by atoms with van der Waals surface area (Å²) in [5.41, 5.74) is 2.25. The first-order chi connectivity index (χ1) is 15.1. The van der Waals surface area contributed by atoms with Gasteiger partial charge in [0, 0.05) is 20.1 Å². The largest absolute Gasteiger partial charge is 0.493 e. The molecule has 0 aliphatic carbocycles. The number of benzene rings is 2. The average molecular weight is 557 g/mol. The fraction of sp³-hybridized carbons (Fsp3) is 0.458. The molecule has 0 atom stereocenters. The molecule has 7 nitrogen and oxygen atoms in total. The summed E-state index contributed by atoms with van der Waals surface area (Å²) in [5.74, 6) is 3.78. The maximum atomic E-state index is 5.71. The van der Waals surface area contributed by atoms with Gasteiger partial charge in [-0.05, 0) is 62.6 Å². The first kappa shape index (κ1) is 27.7. The third-order valence-corrected chi connectivity index (χ3v) is 4.53. The molecule has 32 heavy (non-hydrogen) atoms. The Morgan fingerprint density at radius 3 is 1.94 bits per heavy atom. The van der Waals surface area contributed by atoms with E-state index in [0.29, 0.717) is 26.4 Å². The molecule has 0 heterocycles. The second kappa shape index (κ2) is 15.4. The number of guanidine groups is 1. The zero-order chi connectivity index (χ0) is 22.5. The van der Waals surface area contributed by atoms with Crippen LogP contribution in [0, 0.1) is 0 Å². The summed E-state index contributed by atoms with van der Waals surface area (Å²) in [6.45, 7) is 9.08. The zero-order valence-electron chi connectivity index (χ0n) is 19.7. The van der Waals surface area contributed by atoms with Crippen molar-refractivity contribution in [1.82, 2.24) is 10.6 Å². The van der Waals surface area contributed by atoms with Gasteiger partial charge in [-0.1, -0.05) is 12.1 Å². The highest BCUT2D eigenvalue weighted by Crippen LogP contribution is 2.29. The Kier molecular flexibility index (Phi) is 13.4. The van der Waals surface area contributed by atoms with Gasteiger partial charge in [-0.25, -0.2) is 0 Å². The topological polar surface area (TPSA) is 73.3 Å². The number of nitrogens with zero attached hydrogens (tertiary/aromatic N) is 1. The molecule has 0 saturated carbocycles. The lowest BCUT2D eigenvalue weighted by molar-refractivity contribution is 0.287. The van der Waals surface area contributed by atoms with Gasteiger partial charge in [0.25, 0.3) is 0 Å². The second-order valence-electron chi connectivity index (χ2n) is 6.67. The third kappa shape index (κ3) is 8.64. The van der Waals surface area contributed by atoms with Gasteiger partial charge in [0.2, 0.25) is 0 Å². The molecule has 0 radical (unpaired) electrons. The van der Waals surface area contributed by atoms with Crippen LogP contribution in [0.5, 0.6) is 23.0 Å². The molecule has 2 aromatic carbocycles. The van der Waals surface area contributed by atoms with Crippen molar-refractivity contribution in [2.24, 2.45) is 4.99 Å². The van der Waals surface area contributed by atoms with Crippen molar-refractivity contribution in [1.29, 1.82) is 0 Å². The molecule has 0 fully saturated rings. The molecule has 2 N–H and O–H groups in total. The molecule has 8 heteroatoms. The maximum Gasteiger partial charge on any atom is 0.191 e. The Bertz CT molecular complexity index is 846. The molecule has 2 rings (SSSR count). The van der Waals surface area contributed by atoms with Crippen LogP contribution >= 0.6 is 24.0 Å². The zero-order valence-corrected chi connectivity index (χ0v) is 22.0. The van der Waals surface area contributed by atoms with Crippen LogP contribution in [0.3, 0.4) is 0 Å². The van der Waals surface area contributed by atoms with E-state index < -0.39 is 0 Å². The molecule has 0 aromatic heterocycles. The van der Waals surface area contributed by atoms with Crippen molar-refractivity contribution >= 4 is 29.9 Å². The lowest BCUT2D eigenvalue weighted by Gasteiger charge is -2.15. The number of rotatable bonds is 12. The SMILES string of the molecule is CCOc1ccc(CNC(=NC)NCCc2ccc(OCC)c(OCC)c2)cc1OC.I. The summed E-state index contributed by atoms with van der Waals surface area (Å²) in [5, 5.41) is 6.68. The summed E-state index contributed by atoms with van der Waals surface area (Å²) in [6, 6.07) is 12.0. The van der Waals surface area contributed by atoms with E-state index in [1.165, 1.54) is 5.56 Å². The Morgan fingerprint density at radius 2 is 1.34 bits per heavy atom. The smallest absolute Gasteiger partial charge is 0.191 e. The number of methoxy groups -OCH3 is 1. The minimum atomic E-state index is 0. The Hall–Kier alpha value is -2.36. The van der Waals surface area contributed by atoms with E-state index in [1.807, 2.05) is 51.1 Å². The Balaban J connectivity index is 0.00000512. The van der Waals surface area contributed by atoms with Gasteiger partial charge in [0.1, 0.15) is 0 Å². The number of halogens is 1. The summed E-state index contributed by atoms with van der Waals surface area (Å²) < 4.78 is 22.3. The molecule has 0 aliphatic heterocycles. The number of aliphatic imine (C=N–C) groups is 1. The number of hydrogen-bond donors (Lipinski definition) is 2. The molecule has 0 amide bonds. The first-order valence-electron chi connectivity index (χ1n) is 10.8. The van der Waals surface area contributed by atoms with E-state index in [9.17, 15) is 0 Å². The highest BCUT2D eigenvalue weighted by Gasteiger charge is 2.08. The molecule has 0 spiro atoms. The van der Waals surface area contributed by atoms with E-state index in [2.05, 4.69) is 21.7 Å². The van der Waals surface area contributed by atoms with Crippen molar-refractivity contribution in [3.05, 3.63) is 47.5 Å². The van der Waals surface area contributed by atoms with Gasteiger partial charge in [-0.2, -0.15) is 0 Å². The minimum Gasteiger partial charge on any atom is -0.493 e. The normalized spacial score (nSPS) is 10.7. The van der Waals surface area contributed by atoms with Crippen molar-refractivity contribution in [3.63, 3.8) is 0 Å². The highest BCUT2D eigenvalue weighted by atomic mass is 127. The van der Waals surface area contributed by atoms with Crippen LogP contribution in [0.25, 0.3) is 0 Å². The fourth-order valence-electron chi connectivity index (χ4n) is 3.08. The summed E-state index contributed by atoms with van der Waals surface area (Å²) in [7, 11) is 3.41. The lowest BCUT2D eigenvalue weighted by atomic mass is 10.1. The van der Waals surface area contributed by atoms with Crippen molar-refractivity contribution < 1.29 is 18.9 Å². The number of ether oxygens (including phenoxy) is 4. The summed E-state index contributed by atoms with van der Waals surface area (Å²) in [6.07, 6.45) is 0.837. The van der Waals surface area contributed by atoms with Crippen LogP contribution in [-0.2, 0) is 13.0 Å². The van der Waals surface area contributed by atoms with Crippen LogP contribution in [0.2, 0.25) is 0 Å². The maximum absolute atomic E-state index is 5.71. The monoisotopic (exact) mass is 557 g/mol. The van der Waals surface area contributed by atoms with Gasteiger partial charge >= 0.3 is 0 Å². The molecule has 0 saturated heterocycles. The van der Waals surface area contributed by atoms with E-state index in [0.717, 1.165) is 47.5 Å². The van der Waals surface area contributed by atoms with Crippen LogP contribution in [-0.4, -0.2) is 46.5 Å². The predicted molar refractivity (Wildman–Crippen MR) is 140 cm³/mol. The molecule has 0 aliphatic rings. The molecular formula is C24H36IN3O4.